The number of para-hydroxylation sites is 2. The van der Waals surface area contributed by atoms with Gasteiger partial charge in [0, 0.05) is 12.1 Å². The number of benzene rings is 2. The van der Waals surface area contributed by atoms with Crippen molar-refractivity contribution in [1.29, 1.82) is 0 Å². The lowest BCUT2D eigenvalue weighted by molar-refractivity contribution is -0.130. The van der Waals surface area contributed by atoms with Gasteiger partial charge in [0.15, 0.2) is 6.10 Å². The number of fused-ring (bicyclic) bond motifs is 1. The lowest BCUT2D eigenvalue weighted by Gasteiger charge is -2.25. The van der Waals surface area contributed by atoms with Gasteiger partial charge in [-0.3, -0.25) is 9.59 Å². The van der Waals surface area contributed by atoms with Crippen LogP contribution >= 0.6 is 0 Å². The van der Waals surface area contributed by atoms with Gasteiger partial charge in [0.2, 0.25) is 5.91 Å². The SMILES string of the molecule is COc1ccc(OC)c(CNC(=O)CC2Oc3ccccc3NC2=O)c1. The molecule has 1 aliphatic heterocycles. The molecule has 1 aliphatic rings. The molecule has 7 nitrogen and oxygen atoms in total. The van der Waals surface area contributed by atoms with Gasteiger partial charge < -0.3 is 24.8 Å². The smallest absolute Gasteiger partial charge is 0.266 e. The first-order valence-electron chi connectivity index (χ1n) is 8.15. The third-order valence-corrected chi connectivity index (χ3v) is 4.04. The molecule has 2 aromatic rings. The lowest BCUT2D eigenvalue weighted by Crippen LogP contribution is -2.40. The highest BCUT2D eigenvalue weighted by Gasteiger charge is 2.29. The summed E-state index contributed by atoms with van der Waals surface area (Å²) in [5, 5.41) is 5.52. The second-order valence-corrected chi connectivity index (χ2v) is 5.75. The molecule has 0 saturated heterocycles. The summed E-state index contributed by atoms with van der Waals surface area (Å²) in [6, 6.07) is 12.5. The molecule has 0 radical (unpaired) electrons. The molecule has 0 aliphatic carbocycles. The van der Waals surface area contributed by atoms with Crippen molar-refractivity contribution in [2.24, 2.45) is 0 Å². The molecule has 2 amide bonds. The van der Waals surface area contributed by atoms with Crippen molar-refractivity contribution < 1.29 is 23.8 Å². The molecule has 0 spiro atoms. The minimum atomic E-state index is -0.864. The van der Waals surface area contributed by atoms with E-state index in [1.807, 2.05) is 6.07 Å². The molecule has 3 rings (SSSR count). The van der Waals surface area contributed by atoms with Gasteiger partial charge in [-0.15, -0.1) is 0 Å². The Kier molecular flexibility index (Phi) is 5.26. The zero-order chi connectivity index (χ0) is 18.5. The van der Waals surface area contributed by atoms with Crippen molar-refractivity contribution in [3.63, 3.8) is 0 Å². The molecule has 1 unspecified atom stereocenters. The first-order chi connectivity index (χ1) is 12.6. The number of ether oxygens (including phenoxy) is 3. The molecule has 0 fully saturated rings. The van der Waals surface area contributed by atoms with Gasteiger partial charge in [0.05, 0.1) is 26.3 Å². The molecule has 2 N–H and O–H groups in total. The summed E-state index contributed by atoms with van der Waals surface area (Å²) in [6.07, 6.45) is -0.941. The molecular weight excluding hydrogens is 336 g/mol. The number of amides is 2. The molecule has 26 heavy (non-hydrogen) atoms. The number of carbonyl (C=O) groups is 2. The van der Waals surface area contributed by atoms with Crippen LogP contribution in [0.15, 0.2) is 42.5 Å². The summed E-state index contributed by atoms with van der Waals surface area (Å²) in [7, 11) is 3.13. The zero-order valence-corrected chi connectivity index (χ0v) is 14.6. The van der Waals surface area contributed by atoms with Crippen molar-refractivity contribution in [2.75, 3.05) is 19.5 Å². The Bertz CT molecular complexity index is 821. The van der Waals surface area contributed by atoms with E-state index in [1.165, 1.54) is 0 Å². The molecule has 0 aromatic heterocycles. The average Bonchev–Trinajstić information content (AvgIpc) is 2.66. The Labute approximate surface area is 151 Å². The Balaban J connectivity index is 1.61. The van der Waals surface area contributed by atoms with Crippen molar-refractivity contribution >= 4 is 17.5 Å². The van der Waals surface area contributed by atoms with E-state index in [0.717, 1.165) is 5.56 Å². The van der Waals surface area contributed by atoms with Crippen LogP contribution in [0, 0.1) is 0 Å². The summed E-state index contributed by atoms with van der Waals surface area (Å²) < 4.78 is 16.1. The predicted octanol–water partition coefficient (Wildman–Crippen LogP) is 2.11. The highest BCUT2D eigenvalue weighted by Crippen LogP contribution is 2.29. The van der Waals surface area contributed by atoms with E-state index in [1.54, 1.807) is 50.6 Å². The molecular formula is C19H20N2O5. The number of hydrogen-bond acceptors (Lipinski definition) is 5. The van der Waals surface area contributed by atoms with Crippen molar-refractivity contribution in [3.8, 4) is 17.2 Å². The normalized spacial score (nSPS) is 15.3. The maximum absolute atomic E-state index is 12.3. The minimum Gasteiger partial charge on any atom is -0.497 e. The topological polar surface area (TPSA) is 85.9 Å². The Morgan fingerprint density at radius 3 is 2.77 bits per heavy atom. The molecule has 1 atom stereocenters. The first kappa shape index (κ1) is 17.6. The van der Waals surface area contributed by atoms with E-state index in [0.29, 0.717) is 22.9 Å². The van der Waals surface area contributed by atoms with Crippen molar-refractivity contribution in [2.45, 2.75) is 19.1 Å². The van der Waals surface area contributed by atoms with Gasteiger partial charge in [0.1, 0.15) is 17.2 Å². The van der Waals surface area contributed by atoms with Crippen LogP contribution in [-0.2, 0) is 16.1 Å². The standard InChI is InChI=1S/C19H20N2O5/c1-24-13-7-8-15(25-2)12(9-13)11-20-18(22)10-17-19(23)21-14-5-3-4-6-16(14)26-17/h3-9,17H,10-11H2,1-2H3,(H,20,22)(H,21,23). The number of anilines is 1. The third-order valence-electron chi connectivity index (χ3n) is 4.04. The van der Waals surface area contributed by atoms with Crippen LogP contribution in [0.1, 0.15) is 12.0 Å². The third kappa shape index (κ3) is 3.88. The number of rotatable bonds is 6. The summed E-state index contributed by atoms with van der Waals surface area (Å²) in [5.74, 6) is 1.24. The molecule has 136 valence electrons. The summed E-state index contributed by atoms with van der Waals surface area (Å²) in [4.78, 5) is 24.4. The van der Waals surface area contributed by atoms with Gasteiger partial charge in [-0.25, -0.2) is 0 Å². The van der Waals surface area contributed by atoms with Gasteiger partial charge in [-0.1, -0.05) is 12.1 Å². The monoisotopic (exact) mass is 356 g/mol. The van der Waals surface area contributed by atoms with Crippen molar-refractivity contribution in [1.82, 2.24) is 5.32 Å². The number of hydrogen-bond donors (Lipinski definition) is 2. The van der Waals surface area contributed by atoms with Gasteiger partial charge in [0.25, 0.3) is 5.91 Å². The minimum absolute atomic E-state index is 0.0769. The Hall–Kier alpha value is -3.22. The molecule has 1 heterocycles. The van der Waals surface area contributed by atoms with Crippen LogP contribution in [0.3, 0.4) is 0 Å². The molecule has 7 heteroatoms. The highest BCUT2D eigenvalue weighted by atomic mass is 16.5. The largest absolute Gasteiger partial charge is 0.497 e. The summed E-state index contributed by atoms with van der Waals surface area (Å²) in [5.41, 5.74) is 1.38. The van der Waals surface area contributed by atoms with E-state index in [-0.39, 0.29) is 24.8 Å². The van der Waals surface area contributed by atoms with E-state index in [9.17, 15) is 9.59 Å². The second kappa shape index (κ2) is 7.77. The van der Waals surface area contributed by atoms with Crippen LogP contribution in [0.25, 0.3) is 0 Å². The molecule has 0 bridgehead atoms. The fraction of sp³-hybridized carbons (Fsp3) is 0.263. The van der Waals surface area contributed by atoms with Crippen LogP contribution in [0.4, 0.5) is 5.69 Å². The summed E-state index contributed by atoms with van der Waals surface area (Å²) in [6.45, 7) is 0.254. The maximum Gasteiger partial charge on any atom is 0.266 e. The number of carbonyl (C=O) groups excluding carboxylic acids is 2. The first-order valence-corrected chi connectivity index (χ1v) is 8.15. The van der Waals surface area contributed by atoms with Gasteiger partial charge >= 0.3 is 0 Å². The van der Waals surface area contributed by atoms with Crippen LogP contribution in [0.5, 0.6) is 17.2 Å². The second-order valence-electron chi connectivity index (χ2n) is 5.75. The van der Waals surface area contributed by atoms with E-state index < -0.39 is 6.10 Å². The zero-order valence-electron chi connectivity index (χ0n) is 14.6. The van der Waals surface area contributed by atoms with E-state index in [2.05, 4.69) is 10.6 Å². The Morgan fingerprint density at radius 1 is 1.19 bits per heavy atom. The van der Waals surface area contributed by atoms with Gasteiger partial charge in [-0.05, 0) is 30.3 Å². The fourth-order valence-electron chi connectivity index (χ4n) is 2.68. The molecule has 0 saturated carbocycles. The van der Waals surface area contributed by atoms with Crippen LogP contribution < -0.4 is 24.8 Å². The Morgan fingerprint density at radius 2 is 2.00 bits per heavy atom. The average molecular weight is 356 g/mol. The highest BCUT2D eigenvalue weighted by molar-refractivity contribution is 5.99. The maximum atomic E-state index is 12.3. The van der Waals surface area contributed by atoms with Gasteiger partial charge in [-0.2, -0.15) is 0 Å². The summed E-state index contributed by atoms with van der Waals surface area (Å²) >= 11 is 0. The number of methoxy groups -OCH3 is 2. The van der Waals surface area contributed by atoms with E-state index in [4.69, 9.17) is 14.2 Å². The fourth-order valence-corrected chi connectivity index (χ4v) is 2.68. The van der Waals surface area contributed by atoms with Crippen molar-refractivity contribution in [3.05, 3.63) is 48.0 Å². The van der Waals surface area contributed by atoms with Crippen LogP contribution in [-0.4, -0.2) is 32.1 Å². The predicted molar refractivity (Wildman–Crippen MR) is 95.5 cm³/mol. The quantitative estimate of drug-likeness (QED) is 0.828. The number of nitrogens with one attached hydrogen (secondary N) is 2. The lowest BCUT2D eigenvalue weighted by atomic mass is 10.1. The van der Waals surface area contributed by atoms with E-state index >= 15 is 0 Å². The molecule has 2 aromatic carbocycles. The van der Waals surface area contributed by atoms with Crippen LogP contribution in [0.2, 0.25) is 0 Å².